The van der Waals surface area contributed by atoms with Crippen LogP contribution < -0.4 is 5.32 Å². The van der Waals surface area contributed by atoms with E-state index in [0.29, 0.717) is 5.92 Å². The summed E-state index contributed by atoms with van der Waals surface area (Å²) in [7, 11) is 0. The van der Waals surface area contributed by atoms with Crippen LogP contribution in [0.4, 0.5) is 0 Å². The SMILES string of the molecule is O=C(O)/C=C/C(=O)NC(c1ccccc1)C1CC1. The van der Waals surface area contributed by atoms with Crippen molar-refractivity contribution < 1.29 is 14.7 Å². The van der Waals surface area contributed by atoms with E-state index in [0.717, 1.165) is 30.6 Å². The number of carboxylic acid groups (broad SMARTS) is 1. The van der Waals surface area contributed by atoms with Gasteiger partial charge >= 0.3 is 5.97 Å². The van der Waals surface area contributed by atoms with Gasteiger partial charge in [-0.1, -0.05) is 30.3 Å². The van der Waals surface area contributed by atoms with Crippen molar-refractivity contribution in [3.05, 3.63) is 48.0 Å². The third-order valence-electron chi connectivity index (χ3n) is 2.93. The van der Waals surface area contributed by atoms with E-state index in [4.69, 9.17) is 5.11 Å². The Morgan fingerprint density at radius 1 is 1.22 bits per heavy atom. The van der Waals surface area contributed by atoms with Crippen LogP contribution in [0.1, 0.15) is 24.4 Å². The standard InChI is InChI=1S/C14H15NO3/c16-12(8-9-13(17)18)15-14(11-6-7-11)10-4-2-1-3-5-10/h1-5,8-9,11,14H,6-7H2,(H,15,16)(H,17,18)/b9-8+. The number of nitrogens with one attached hydrogen (secondary N) is 1. The molecule has 0 heterocycles. The number of amides is 1. The number of carbonyl (C=O) groups is 2. The molecule has 2 N–H and O–H groups in total. The van der Waals surface area contributed by atoms with E-state index in [1.54, 1.807) is 0 Å². The average molecular weight is 245 g/mol. The van der Waals surface area contributed by atoms with Crippen molar-refractivity contribution in [3.63, 3.8) is 0 Å². The Hall–Kier alpha value is -2.10. The maximum atomic E-state index is 11.6. The summed E-state index contributed by atoms with van der Waals surface area (Å²) in [5.41, 5.74) is 1.07. The van der Waals surface area contributed by atoms with Gasteiger partial charge in [-0.25, -0.2) is 4.79 Å². The Kier molecular flexibility index (Phi) is 3.77. The molecule has 1 aromatic rings. The Morgan fingerprint density at radius 3 is 2.44 bits per heavy atom. The average Bonchev–Trinajstić information content (AvgIpc) is 3.19. The zero-order chi connectivity index (χ0) is 13.0. The van der Waals surface area contributed by atoms with E-state index in [2.05, 4.69) is 5.32 Å². The van der Waals surface area contributed by atoms with Gasteiger partial charge in [-0.3, -0.25) is 4.79 Å². The van der Waals surface area contributed by atoms with Crippen molar-refractivity contribution in [3.8, 4) is 0 Å². The smallest absolute Gasteiger partial charge is 0.328 e. The van der Waals surface area contributed by atoms with Gasteiger partial charge in [0.25, 0.3) is 0 Å². The molecule has 18 heavy (non-hydrogen) atoms. The lowest BCUT2D eigenvalue weighted by Crippen LogP contribution is -2.28. The first-order valence-electron chi connectivity index (χ1n) is 5.93. The molecule has 1 aliphatic carbocycles. The number of carboxylic acids is 1. The van der Waals surface area contributed by atoms with Crippen LogP contribution in [-0.2, 0) is 9.59 Å². The minimum atomic E-state index is -1.12. The summed E-state index contributed by atoms with van der Waals surface area (Å²) in [5.74, 6) is -1.01. The Bertz CT molecular complexity index is 463. The van der Waals surface area contributed by atoms with Crippen molar-refractivity contribution in [2.24, 2.45) is 5.92 Å². The molecule has 0 bridgehead atoms. The maximum Gasteiger partial charge on any atom is 0.328 e. The molecule has 0 radical (unpaired) electrons. The molecule has 1 amide bonds. The second-order valence-electron chi connectivity index (χ2n) is 4.41. The van der Waals surface area contributed by atoms with Gasteiger partial charge in [-0.05, 0) is 24.3 Å². The van der Waals surface area contributed by atoms with E-state index in [1.165, 1.54) is 0 Å². The quantitative estimate of drug-likeness (QED) is 0.778. The summed E-state index contributed by atoms with van der Waals surface area (Å²) in [4.78, 5) is 21.9. The third-order valence-corrected chi connectivity index (χ3v) is 2.93. The fraction of sp³-hybridized carbons (Fsp3) is 0.286. The molecule has 0 saturated heterocycles. The van der Waals surface area contributed by atoms with E-state index >= 15 is 0 Å². The van der Waals surface area contributed by atoms with Crippen LogP contribution in [0.25, 0.3) is 0 Å². The van der Waals surface area contributed by atoms with Gasteiger partial charge in [-0.15, -0.1) is 0 Å². The molecule has 1 aliphatic rings. The molecule has 0 aliphatic heterocycles. The monoisotopic (exact) mass is 245 g/mol. The van der Waals surface area contributed by atoms with Crippen molar-refractivity contribution in [1.29, 1.82) is 0 Å². The van der Waals surface area contributed by atoms with Gasteiger partial charge in [0, 0.05) is 12.2 Å². The second-order valence-corrected chi connectivity index (χ2v) is 4.41. The summed E-state index contributed by atoms with van der Waals surface area (Å²) in [6, 6.07) is 9.74. The van der Waals surface area contributed by atoms with E-state index in [9.17, 15) is 9.59 Å². The molecular formula is C14H15NO3. The van der Waals surface area contributed by atoms with Crippen molar-refractivity contribution in [1.82, 2.24) is 5.32 Å². The number of benzene rings is 1. The van der Waals surface area contributed by atoms with Crippen molar-refractivity contribution in [2.75, 3.05) is 0 Å². The zero-order valence-corrected chi connectivity index (χ0v) is 9.87. The lowest BCUT2D eigenvalue weighted by atomic mass is 10.0. The predicted molar refractivity (Wildman–Crippen MR) is 66.8 cm³/mol. The highest BCUT2D eigenvalue weighted by molar-refractivity contribution is 5.94. The lowest BCUT2D eigenvalue weighted by Gasteiger charge is -2.17. The zero-order valence-electron chi connectivity index (χ0n) is 9.87. The van der Waals surface area contributed by atoms with Gasteiger partial charge in [0.1, 0.15) is 0 Å². The molecule has 1 fully saturated rings. The maximum absolute atomic E-state index is 11.6. The number of aliphatic carboxylic acids is 1. The first-order valence-corrected chi connectivity index (χ1v) is 5.93. The summed E-state index contributed by atoms with van der Waals surface area (Å²) in [6.07, 6.45) is 4.11. The van der Waals surface area contributed by atoms with Crippen molar-refractivity contribution >= 4 is 11.9 Å². The summed E-state index contributed by atoms with van der Waals surface area (Å²) in [5, 5.41) is 11.3. The molecule has 94 valence electrons. The Morgan fingerprint density at radius 2 is 1.89 bits per heavy atom. The Balaban J connectivity index is 2.04. The topological polar surface area (TPSA) is 66.4 Å². The number of hydrogen-bond acceptors (Lipinski definition) is 2. The highest BCUT2D eigenvalue weighted by Crippen LogP contribution is 2.40. The van der Waals surface area contributed by atoms with Gasteiger partial charge in [0.2, 0.25) is 5.91 Å². The van der Waals surface area contributed by atoms with E-state index in [1.807, 2.05) is 30.3 Å². The molecule has 4 nitrogen and oxygen atoms in total. The van der Waals surface area contributed by atoms with Crippen LogP contribution in [-0.4, -0.2) is 17.0 Å². The highest BCUT2D eigenvalue weighted by atomic mass is 16.4. The van der Waals surface area contributed by atoms with Gasteiger partial charge in [0.15, 0.2) is 0 Å². The molecule has 0 aromatic heterocycles. The number of rotatable bonds is 5. The van der Waals surface area contributed by atoms with Crippen LogP contribution in [0, 0.1) is 5.92 Å². The number of hydrogen-bond donors (Lipinski definition) is 2. The van der Waals surface area contributed by atoms with Crippen molar-refractivity contribution in [2.45, 2.75) is 18.9 Å². The number of carbonyl (C=O) groups excluding carboxylic acids is 1. The molecule has 1 aromatic carbocycles. The lowest BCUT2D eigenvalue weighted by molar-refractivity contribution is -0.131. The van der Waals surface area contributed by atoms with Crippen LogP contribution in [0.5, 0.6) is 0 Å². The van der Waals surface area contributed by atoms with E-state index < -0.39 is 5.97 Å². The van der Waals surface area contributed by atoms with Crippen LogP contribution in [0.3, 0.4) is 0 Å². The highest BCUT2D eigenvalue weighted by Gasteiger charge is 2.32. The van der Waals surface area contributed by atoms with E-state index in [-0.39, 0.29) is 11.9 Å². The summed E-state index contributed by atoms with van der Waals surface area (Å²) < 4.78 is 0. The normalized spacial score (nSPS) is 16.4. The third kappa shape index (κ3) is 3.45. The van der Waals surface area contributed by atoms with Crippen LogP contribution >= 0.6 is 0 Å². The van der Waals surface area contributed by atoms with Crippen LogP contribution in [0.2, 0.25) is 0 Å². The minimum absolute atomic E-state index is 0.0165. The summed E-state index contributed by atoms with van der Waals surface area (Å²) in [6.45, 7) is 0. The molecule has 4 heteroatoms. The second kappa shape index (κ2) is 5.49. The molecule has 1 atom stereocenters. The fourth-order valence-electron chi connectivity index (χ4n) is 1.91. The largest absolute Gasteiger partial charge is 0.478 e. The fourth-order valence-corrected chi connectivity index (χ4v) is 1.91. The molecule has 1 saturated carbocycles. The first kappa shape index (κ1) is 12.4. The molecule has 1 unspecified atom stereocenters. The molecule has 2 rings (SSSR count). The minimum Gasteiger partial charge on any atom is -0.478 e. The first-order chi connectivity index (χ1) is 8.66. The van der Waals surface area contributed by atoms with Gasteiger partial charge in [-0.2, -0.15) is 0 Å². The van der Waals surface area contributed by atoms with Gasteiger partial charge in [0.05, 0.1) is 6.04 Å². The predicted octanol–water partition coefficient (Wildman–Crippen LogP) is 1.89. The summed E-state index contributed by atoms with van der Waals surface area (Å²) >= 11 is 0. The molecular weight excluding hydrogens is 230 g/mol. The van der Waals surface area contributed by atoms with Crippen LogP contribution in [0.15, 0.2) is 42.5 Å². The van der Waals surface area contributed by atoms with Gasteiger partial charge < -0.3 is 10.4 Å². The molecule has 0 spiro atoms. The Labute approximate surface area is 105 Å².